The van der Waals surface area contributed by atoms with Crippen molar-refractivity contribution in [2.75, 3.05) is 0 Å². The monoisotopic (exact) mass is 207 g/mol. The van der Waals surface area contributed by atoms with Gasteiger partial charge in [0.1, 0.15) is 0 Å². The van der Waals surface area contributed by atoms with Crippen LogP contribution in [-0.4, -0.2) is 4.57 Å². The fraction of sp³-hybridized carbons (Fsp3) is 0.714. The maximum Gasteiger partial charge on any atom is 0.0219 e. The highest BCUT2D eigenvalue weighted by Gasteiger charge is 1.94. The fourth-order valence-corrected chi connectivity index (χ4v) is 1.91. The summed E-state index contributed by atoms with van der Waals surface area (Å²) in [5.41, 5.74) is 1.46. The molecule has 1 heterocycles. The molecule has 86 valence electrons. The molecular weight excluding hydrogens is 182 g/mol. The average molecular weight is 207 g/mol. The molecule has 15 heavy (non-hydrogen) atoms. The Hall–Kier alpha value is -0.720. The standard InChI is InChI=1S/C14H25N/c1-3-5-6-7-8-9-11-15-12-10-14(4-2)13-15/h10,12-13H,3-9,11H2,1-2H3. The van der Waals surface area contributed by atoms with Crippen molar-refractivity contribution in [3.8, 4) is 0 Å². The first-order chi connectivity index (χ1) is 7.36. The van der Waals surface area contributed by atoms with Crippen molar-refractivity contribution < 1.29 is 0 Å². The van der Waals surface area contributed by atoms with Crippen LogP contribution in [0.25, 0.3) is 0 Å². The summed E-state index contributed by atoms with van der Waals surface area (Å²) in [7, 11) is 0. The second-order valence-corrected chi connectivity index (χ2v) is 4.38. The molecule has 1 aromatic rings. The number of aromatic nitrogens is 1. The van der Waals surface area contributed by atoms with Gasteiger partial charge in [-0.25, -0.2) is 0 Å². The lowest BCUT2D eigenvalue weighted by atomic mass is 10.1. The zero-order valence-corrected chi connectivity index (χ0v) is 10.3. The molecule has 0 saturated carbocycles. The minimum Gasteiger partial charge on any atom is -0.354 e. The second kappa shape index (κ2) is 7.56. The maximum atomic E-state index is 2.33. The summed E-state index contributed by atoms with van der Waals surface area (Å²) < 4.78 is 2.33. The van der Waals surface area contributed by atoms with E-state index in [0.29, 0.717) is 0 Å². The summed E-state index contributed by atoms with van der Waals surface area (Å²) in [4.78, 5) is 0. The Kier molecular flexibility index (Phi) is 6.22. The summed E-state index contributed by atoms with van der Waals surface area (Å²) >= 11 is 0. The second-order valence-electron chi connectivity index (χ2n) is 4.38. The van der Waals surface area contributed by atoms with Gasteiger partial charge in [0, 0.05) is 18.9 Å². The van der Waals surface area contributed by atoms with Gasteiger partial charge in [0.05, 0.1) is 0 Å². The number of hydrogen-bond acceptors (Lipinski definition) is 0. The van der Waals surface area contributed by atoms with Gasteiger partial charge in [-0.15, -0.1) is 0 Å². The predicted molar refractivity (Wildman–Crippen MR) is 67.2 cm³/mol. The first kappa shape index (κ1) is 12.4. The molecular formula is C14H25N. The van der Waals surface area contributed by atoms with Crippen LogP contribution in [0.3, 0.4) is 0 Å². The summed E-state index contributed by atoms with van der Waals surface area (Å²) in [6.07, 6.45) is 14.0. The molecule has 1 heteroatoms. The average Bonchev–Trinajstić information content (AvgIpc) is 2.71. The third-order valence-electron chi connectivity index (χ3n) is 2.99. The van der Waals surface area contributed by atoms with Crippen molar-refractivity contribution in [3.63, 3.8) is 0 Å². The highest BCUT2D eigenvalue weighted by Crippen LogP contribution is 2.08. The van der Waals surface area contributed by atoms with E-state index in [-0.39, 0.29) is 0 Å². The van der Waals surface area contributed by atoms with Crippen molar-refractivity contribution in [2.45, 2.75) is 65.3 Å². The van der Waals surface area contributed by atoms with E-state index in [1.165, 1.54) is 50.6 Å². The molecule has 0 unspecified atom stereocenters. The molecule has 0 saturated heterocycles. The Morgan fingerprint density at radius 3 is 2.40 bits per heavy atom. The summed E-state index contributed by atoms with van der Waals surface area (Å²) in [6, 6.07) is 2.23. The smallest absolute Gasteiger partial charge is 0.0219 e. The van der Waals surface area contributed by atoms with Crippen molar-refractivity contribution in [1.82, 2.24) is 4.57 Å². The SMILES string of the molecule is CCCCCCCCn1ccc(CC)c1. The lowest BCUT2D eigenvalue weighted by Crippen LogP contribution is -1.94. The van der Waals surface area contributed by atoms with Crippen LogP contribution in [0.15, 0.2) is 18.5 Å². The largest absolute Gasteiger partial charge is 0.354 e. The van der Waals surface area contributed by atoms with Gasteiger partial charge in [0.25, 0.3) is 0 Å². The molecule has 1 nitrogen and oxygen atoms in total. The summed E-state index contributed by atoms with van der Waals surface area (Å²) in [6.45, 7) is 5.68. The molecule has 0 aliphatic carbocycles. The van der Waals surface area contributed by atoms with E-state index in [2.05, 4.69) is 36.9 Å². The first-order valence-corrected chi connectivity index (χ1v) is 6.51. The van der Waals surface area contributed by atoms with Crippen LogP contribution in [0.1, 0.15) is 57.9 Å². The van der Waals surface area contributed by atoms with Gasteiger partial charge in [-0.1, -0.05) is 46.0 Å². The zero-order chi connectivity index (χ0) is 10.9. The van der Waals surface area contributed by atoms with E-state index in [1.807, 2.05) is 0 Å². The van der Waals surface area contributed by atoms with Crippen LogP contribution in [0.4, 0.5) is 0 Å². The number of unbranched alkanes of at least 4 members (excludes halogenated alkanes) is 5. The fourth-order valence-electron chi connectivity index (χ4n) is 1.91. The molecule has 0 aliphatic heterocycles. The van der Waals surface area contributed by atoms with E-state index in [1.54, 1.807) is 0 Å². The van der Waals surface area contributed by atoms with E-state index < -0.39 is 0 Å². The van der Waals surface area contributed by atoms with Crippen LogP contribution in [0.5, 0.6) is 0 Å². The molecule has 0 fully saturated rings. The number of hydrogen-bond donors (Lipinski definition) is 0. The molecule has 0 aromatic carbocycles. The van der Waals surface area contributed by atoms with E-state index in [0.717, 1.165) is 6.42 Å². The van der Waals surface area contributed by atoms with Gasteiger partial charge in [-0.2, -0.15) is 0 Å². The molecule has 0 aliphatic rings. The Bertz CT molecular complexity index is 250. The minimum absolute atomic E-state index is 1.16. The van der Waals surface area contributed by atoms with Gasteiger partial charge in [-0.05, 0) is 24.5 Å². The molecule has 0 spiro atoms. The van der Waals surface area contributed by atoms with Crippen LogP contribution in [0, 0.1) is 0 Å². The number of rotatable bonds is 8. The van der Waals surface area contributed by atoms with E-state index in [4.69, 9.17) is 0 Å². The molecule has 1 aromatic heterocycles. The topological polar surface area (TPSA) is 4.93 Å². The number of aryl methyl sites for hydroxylation is 2. The molecule has 0 bridgehead atoms. The van der Waals surface area contributed by atoms with Crippen LogP contribution in [0.2, 0.25) is 0 Å². The highest BCUT2D eigenvalue weighted by atomic mass is 14.9. The molecule has 0 amide bonds. The van der Waals surface area contributed by atoms with Crippen molar-refractivity contribution in [3.05, 3.63) is 24.0 Å². The first-order valence-electron chi connectivity index (χ1n) is 6.51. The van der Waals surface area contributed by atoms with E-state index >= 15 is 0 Å². The quantitative estimate of drug-likeness (QED) is 0.556. The van der Waals surface area contributed by atoms with E-state index in [9.17, 15) is 0 Å². The van der Waals surface area contributed by atoms with Gasteiger partial charge in [-0.3, -0.25) is 0 Å². The van der Waals surface area contributed by atoms with Crippen LogP contribution in [-0.2, 0) is 13.0 Å². The zero-order valence-electron chi connectivity index (χ0n) is 10.3. The van der Waals surface area contributed by atoms with Crippen molar-refractivity contribution in [2.24, 2.45) is 0 Å². The van der Waals surface area contributed by atoms with Crippen LogP contribution >= 0.6 is 0 Å². The number of nitrogens with zero attached hydrogens (tertiary/aromatic N) is 1. The third-order valence-corrected chi connectivity index (χ3v) is 2.99. The molecule has 0 atom stereocenters. The Labute approximate surface area is 94.5 Å². The Morgan fingerprint density at radius 2 is 1.73 bits per heavy atom. The van der Waals surface area contributed by atoms with Gasteiger partial charge < -0.3 is 4.57 Å². The molecule has 0 N–H and O–H groups in total. The van der Waals surface area contributed by atoms with Crippen LogP contribution < -0.4 is 0 Å². The molecule has 0 radical (unpaired) electrons. The molecule has 1 rings (SSSR count). The lowest BCUT2D eigenvalue weighted by molar-refractivity contribution is 0.559. The van der Waals surface area contributed by atoms with Gasteiger partial charge in [0.2, 0.25) is 0 Å². The van der Waals surface area contributed by atoms with Crippen molar-refractivity contribution >= 4 is 0 Å². The van der Waals surface area contributed by atoms with Crippen molar-refractivity contribution in [1.29, 1.82) is 0 Å². The third kappa shape index (κ3) is 5.06. The summed E-state index contributed by atoms with van der Waals surface area (Å²) in [5, 5.41) is 0. The Balaban J connectivity index is 2.04. The highest BCUT2D eigenvalue weighted by molar-refractivity contribution is 5.09. The Morgan fingerprint density at radius 1 is 1.00 bits per heavy atom. The normalized spacial score (nSPS) is 10.8. The lowest BCUT2D eigenvalue weighted by Gasteiger charge is -2.02. The van der Waals surface area contributed by atoms with Gasteiger partial charge >= 0.3 is 0 Å². The maximum absolute atomic E-state index is 2.33. The summed E-state index contributed by atoms with van der Waals surface area (Å²) in [5.74, 6) is 0. The minimum atomic E-state index is 1.16. The predicted octanol–water partition coefficient (Wildman–Crippen LogP) is 4.41. The van der Waals surface area contributed by atoms with Gasteiger partial charge in [0.15, 0.2) is 0 Å².